The Morgan fingerprint density at radius 1 is 0.852 bits per heavy atom. The summed E-state index contributed by atoms with van der Waals surface area (Å²) >= 11 is 0. The van der Waals surface area contributed by atoms with Crippen molar-refractivity contribution in [1.82, 2.24) is 5.32 Å². The minimum absolute atomic E-state index is 0.219. The maximum absolute atomic E-state index is 13.0. The predicted octanol–water partition coefficient (Wildman–Crippen LogP) is 3.54. The molecule has 2 aromatic carbocycles. The van der Waals surface area contributed by atoms with Gasteiger partial charge in [0.1, 0.15) is 5.75 Å². The number of carbonyl (C=O) groups is 3. The average molecular weight is 365 g/mol. The molecule has 0 aliphatic heterocycles. The van der Waals surface area contributed by atoms with Crippen molar-refractivity contribution < 1.29 is 19.1 Å². The summed E-state index contributed by atoms with van der Waals surface area (Å²) in [5, 5.41) is 2.59. The molecule has 1 fully saturated rings. The highest BCUT2D eigenvalue weighted by molar-refractivity contribution is 6.09. The third-order valence-corrected chi connectivity index (χ3v) is 4.80. The molecule has 0 spiro atoms. The first-order valence-electron chi connectivity index (χ1n) is 9.31. The molecule has 5 heteroatoms. The minimum atomic E-state index is -1.30. The molecular formula is C22H23NO4. The minimum Gasteiger partial charge on any atom is -0.425 e. The molecule has 1 aliphatic carbocycles. The summed E-state index contributed by atoms with van der Waals surface area (Å²) in [5.74, 6) is -1.35. The van der Waals surface area contributed by atoms with Crippen LogP contribution in [0, 0.1) is 5.92 Å². The van der Waals surface area contributed by atoms with E-state index in [-0.39, 0.29) is 11.7 Å². The fraction of sp³-hybridized carbons (Fsp3) is 0.318. The van der Waals surface area contributed by atoms with Gasteiger partial charge < -0.3 is 10.1 Å². The zero-order valence-corrected chi connectivity index (χ0v) is 15.1. The van der Waals surface area contributed by atoms with Crippen molar-refractivity contribution in [2.24, 2.45) is 5.92 Å². The zero-order valence-electron chi connectivity index (χ0n) is 15.1. The van der Waals surface area contributed by atoms with Crippen LogP contribution in [0.3, 0.4) is 0 Å². The number of para-hydroxylation sites is 1. The Morgan fingerprint density at radius 2 is 1.44 bits per heavy atom. The van der Waals surface area contributed by atoms with Gasteiger partial charge in [-0.3, -0.25) is 9.59 Å². The van der Waals surface area contributed by atoms with E-state index in [4.69, 9.17) is 4.74 Å². The maximum Gasteiger partial charge on any atom is 0.341 e. The number of ketones is 1. The van der Waals surface area contributed by atoms with E-state index < -0.39 is 17.9 Å². The lowest BCUT2D eigenvalue weighted by Gasteiger charge is -2.25. The van der Waals surface area contributed by atoms with E-state index >= 15 is 0 Å². The van der Waals surface area contributed by atoms with Crippen molar-refractivity contribution in [3.63, 3.8) is 0 Å². The Hall–Kier alpha value is -2.95. The topological polar surface area (TPSA) is 72.5 Å². The SMILES string of the molecule is O=C(NC(C(=O)Oc1ccccc1)C(=O)C1CCCCC1)c1ccccc1. The first kappa shape index (κ1) is 18.8. The lowest BCUT2D eigenvalue weighted by Crippen LogP contribution is -2.50. The normalized spacial score (nSPS) is 15.6. The molecule has 0 bridgehead atoms. The first-order valence-corrected chi connectivity index (χ1v) is 9.31. The number of nitrogens with one attached hydrogen (secondary N) is 1. The number of amides is 1. The number of hydrogen-bond acceptors (Lipinski definition) is 4. The Labute approximate surface area is 158 Å². The molecule has 2 aromatic rings. The van der Waals surface area contributed by atoms with E-state index in [1.807, 2.05) is 0 Å². The number of hydrogen-bond donors (Lipinski definition) is 1. The second kappa shape index (κ2) is 9.12. The number of carbonyl (C=O) groups excluding carboxylic acids is 3. The van der Waals surface area contributed by atoms with Gasteiger partial charge in [-0.15, -0.1) is 0 Å². The Morgan fingerprint density at radius 3 is 2.07 bits per heavy atom. The molecule has 1 saturated carbocycles. The maximum atomic E-state index is 13.0. The Balaban J connectivity index is 1.78. The van der Waals surface area contributed by atoms with E-state index in [1.54, 1.807) is 60.7 Å². The van der Waals surface area contributed by atoms with Gasteiger partial charge in [0.2, 0.25) is 0 Å². The fourth-order valence-electron chi connectivity index (χ4n) is 3.34. The highest BCUT2D eigenvalue weighted by Crippen LogP contribution is 2.26. The summed E-state index contributed by atoms with van der Waals surface area (Å²) in [7, 11) is 0. The molecule has 1 N–H and O–H groups in total. The summed E-state index contributed by atoms with van der Waals surface area (Å²) < 4.78 is 5.35. The van der Waals surface area contributed by atoms with E-state index in [0.29, 0.717) is 11.3 Å². The van der Waals surface area contributed by atoms with Crippen molar-refractivity contribution in [2.75, 3.05) is 0 Å². The standard InChI is InChI=1S/C22H23NO4/c24-20(16-10-4-1-5-11-16)19(22(26)27-18-14-8-3-9-15-18)23-21(25)17-12-6-2-7-13-17/h2-3,6-9,12-16,19H,1,4-5,10-11H2,(H,23,25). The highest BCUT2D eigenvalue weighted by Gasteiger charge is 2.35. The van der Waals surface area contributed by atoms with Crippen molar-refractivity contribution >= 4 is 17.7 Å². The molecule has 3 rings (SSSR count). The predicted molar refractivity (Wildman–Crippen MR) is 101 cm³/mol. The second-order valence-corrected chi connectivity index (χ2v) is 6.74. The molecule has 1 unspecified atom stereocenters. The van der Waals surface area contributed by atoms with Crippen LogP contribution in [0.4, 0.5) is 0 Å². The van der Waals surface area contributed by atoms with E-state index in [0.717, 1.165) is 32.1 Å². The van der Waals surface area contributed by atoms with Crippen LogP contribution in [0.15, 0.2) is 60.7 Å². The number of ether oxygens (including phenoxy) is 1. The fourth-order valence-corrected chi connectivity index (χ4v) is 3.34. The summed E-state index contributed by atoms with van der Waals surface area (Å²) in [6, 6.07) is 15.8. The number of benzene rings is 2. The molecular weight excluding hydrogens is 342 g/mol. The molecule has 1 amide bonds. The smallest absolute Gasteiger partial charge is 0.341 e. The molecule has 27 heavy (non-hydrogen) atoms. The lowest BCUT2D eigenvalue weighted by molar-refractivity contribution is -0.142. The lowest BCUT2D eigenvalue weighted by atomic mass is 9.83. The van der Waals surface area contributed by atoms with Crippen LogP contribution in [0.5, 0.6) is 5.75 Å². The van der Waals surface area contributed by atoms with Gasteiger partial charge in [-0.05, 0) is 37.1 Å². The van der Waals surface area contributed by atoms with E-state index in [9.17, 15) is 14.4 Å². The summed E-state index contributed by atoms with van der Waals surface area (Å²) in [6.07, 6.45) is 4.51. The molecule has 0 aromatic heterocycles. The molecule has 0 heterocycles. The van der Waals surface area contributed by atoms with Crippen molar-refractivity contribution in [3.8, 4) is 5.75 Å². The monoisotopic (exact) mass is 365 g/mol. The van der Waals surface area contributed by atoms with Crippen LogP contribution < -0.4 is 10.1 Å². The number of Topliss-reactive ketones (excluding diaryl/α,β-unsaturated/α-hetero) is 1. The summed E-state index contributed by atoms with van der Waals surface area (Å²) in [6.45, 7) is 0. The highest BCUT2D eigenvalue weighted by atomic mass is 16.5. The van der Waals surface area contributed by atoms with Crippen molar-refractivity contribution in [2.45, 2.75) is 38.1 Å². The van der Waals surface area contributed by atoms with E-state index in [1.165, 1.54) is 0 Å². The van der Waals surface area contributed by atoms with Crippen LogP contribution in [0.25, 0.3) is 0 Å². The van der Waals surface area contributed by atoms with Crippen LogP contribution >= 0.6 is 0 Å². The van der Waals surface area contributed by atoms with Gasteiger partial charge >= 0.3 is 5.97 Å². The van der Waals surface area contributed by atoms with Gasteiger partial charge in [0.25, 0.3) is 5.91 Å². The van der Waals surface area contributed by atoms with Crippen LogP contribution in [-0.2, 0) is 9.59 Å². The molecule has 1 aliphatic rings. The molecule has 0 radical (unpaired) electrons. The van der Waals surface area contributed by atoms with Crippen LogP contribution in [0.1, 0.15) is 42.5 Å². The van der Waals surface area contributed by atoms with Crippen LogP contribution in [-0.4, -0.2) is 23.7 Å². The zero-order chi connectivity index (χ0) is 19.1. The van der Waals surface area contributed by atoms with Gasteiger partial charge in [0.05, 0.1) is 0 Å². The van der Waals surface area contributed by atoms with Crippen molar-refractivity contribution in [1.29, 1.82) is 0 Å². The molecule has 5 nitrogen and oxygen atoms in total. The van der Waals surface area contributed by atoms with Gasteiger partial charge in [0, 0.05) is 11.5 Å². The third-order valence-electron chi connectivity index (χ3n) is 4.80. The van der Waals surface area contributed by atoms with Gasteiger partial charge in [0.15, 0.2) is 11.8 Å². The van der Waals surface area contributed by atoms with Crippen molar-refractivity contribution in [3.05, 3.63) is 66.2 Å². The summed E-state index contributed by atoms with van der Waals surface area (Å²) in [5.41, 5.74) is 0.395. The summed E-state index contributed by atoms with van der Waals surface area (Å²) in [4.78, 5) is 38.2. The first-order chi connectivity index (χ1) is 13.1. The second-order valence-electron chi connectivity index (χ2n) is 6.74. The molecule has 1 atom stereocenters. The average Bonchev–Trinajstić information content (AvgIpc) is 2.73. The quantitative estimate of drug-likeness (QED) is 0.483. The Kier molecular flexibility index (Phi) is 6.36. The Bertz CT molecular complexity index is 782. The van der Waals surface area contributed by atoms with E-state index in [2.05, 4.69) is 5.32 Å². The third kappa shape index (κ3) is 5.03. The van der Waals surface area contributed by atoms with Gasteiger partial charge in [-0.25, -0.2) is 4.79 Å². The van der Waals surface area contributed by atoms with Gasteiger partial charge in [-0.1, -0.05) is 55.7 Å². The van der Waals surface area contributed by atoms with Gasteiger partial charge in [-0.2, -0.15) is 0 Å². The molecule has 140 valence electrons. The van der Waals surface area contributed by atoms with Crippen LogP contribution in [0.2, 0.25) is 0 Å². The largest absolute Gasteiger partial charge is 0.425 e. The molecule has 0 saturated heterocycles. The number of rotatable bonds is 6. The number of esters is 1.